The van der Waals surface area contributed by atoms with Crippen LogP contribution in [0.25, 0.3) is 5.69 Å². The van der Waals surface area contributed by atoms with Crippen LogP contribution in [-0.2, 0) is 7.05 Å². The molecule has 2 aromatic heterocycles. The predicted octanol–water partition coefficient (Wildman–Crippen LogP) is 1.26. The van der Waals surface area contributed by atoms with Gasteiger partial charge in [0, 0.05) is 18.4 Å². The number of hydrogen-bond donors (Lipinski definition) is 1. The summed E-state index contributed by atoms with van der Waals surface area (Å²) in [5.74, 6) is -0.183. The van der Waals surface area contributed by atoms with Gasteiger partial charge >= 0.3 is 0 Å². The monoisotopic (exact) mass is 297 g/mol. The van der Waals surface area contributed by atoms with Crippen LogP contribution in [0.4, 0.5) is 5.69 Å². The van der Waals surface area contributed by atoms with Crippen LogP contribution in [0.2, 0.25) is 0 Å². The molecule has 8 nitrogen and oxygen atoms in total. The summed E-state index contributed by atoms with van der Waals surface area (Å²) >= 11 is 0. The van der Waals surface area contributed by atoms with Crippen molar-refractivity contribution in [1.82, 2.24) is 30.0 Å². The van der Waals surface area contributed by atoms with Crippen molar-refractivity contribution >= 4 is 11.6 Å². The number of benzene rings is 1. The molecule has 0 aliphatic carbocycles. The zero-order valence-electron chi connectivity index (χ0n) is 12.5. The number of aryl methyl sites for hydroxylation is 2. The van der Waals surface area contributed by atoms with Crippen molar-refractivity contribution in [3.63, 3.8) is 0 Å². The van der Waals surface area contributed by atoms with Gasteiger partial charge in [-0.05, 0) is 42.5 Å². The van der Waals surface area contributed by atoms with Crippen molar-refractivity contribution in [3.8, 4) is 5.69 Å². The molecule has 0 saturated carbocycles. The lowest BCUT2D eigenvalue weighted by molar-refractivity contribution is 0.102. The fourth-order valence-corrected chi connectivity index (χ4v) is 2.30. The SMILES string of the molecule is Cc1nn(C)c(C)c1C(=O)Nc1cccc(-n2cnnn2)c1. The maximum atomic E-state index is 12.5. The minimum atomic E-state index is -0.183. The molecular formula is C14H15N7O. The number of hydrogen-bond acceptors (Lipinski definition) is 5. The van der Waals surface area contributed by atoms with E-state index in [-0.39, 0.29) is 5.91 Å². The fourth-order valence-electron chi connectivity index (χ4n) is 2.30. The summed E-state index contributed by atoms with van der Waals surface area (Å²) in [7, 11) is 1.82. The maximum Gasteiger partial charge on any atom is 0.259 e. The average molecular weight is 297 g/mol. The normalized spacial score (nSPS) is 10.7. The maximum absolute atomic E-state index is 12.5. The van der Waals surface area contributed by atoms with Crippen LogP contribution in [0.15, 0.2) is 30.6 Å². The molecule has 2 heterocycles. The number of carbonyl (C=O) groups is 1. The average Bonchev–Trinajstić information content (AvgIpc) is 3.09. The molecule has 0 fully saturated rings. The van der Waals surface area contributed by atoms with Crippen molar-refractivity contribution in [2.75, 3.05) is 5.32 Å². The van der Waals surface area contributed by atoms with E-state index < -0.39 is 0 Å². The Morgan fingerprint density at radius 3 is 2.73 bits per heavy atom. The number of aromatic nitrogens is 6. The lowest BCUT2D eigenvalue weighted by Gasteiger charge is -2.07. The van der Waals surface area contributed by atoms with E-state index in [4.69, 9.17) is 0 Å². The molecule has 8 heteroatoms. The van der Waals surface area contributed by atoms with Crippen LogP contribution in [-0.4, -0.2) is 35.9 Å². The number of tetrazole rings is 1. The number of rotatable bonds is 3. The van der Waals surface area contributed by atoms with E-state index in [9.17, 15) is 4.79 Å². The minimum absolute atomic E-state index is 0.183. The molecule has 112 valence electrons. The van der Waals surface area contributed by atoms with Crippen molar-refractivity contribution in [1.29, 1.82) is 0 Å². The van der Waals surface area contributed by atoms with E-state index in [1.807, 2.05) is 39.1 Å². The Kier molecular flexibility index (Phi) is 3.42. The highest BCUT2D eigenvalue weighted by Gasteiger charge is 2.17. The summed E-state index contributed by atoms with van der Waals surface area (Å²) in [4.78, 5) is 12.5. The van der Waals surface area contributed by atoms with Crippen LogP contribution in [0, 0.1) is 13.8 Å². The second kappa shape index (κ2) is 5.40. The second-order valence-corrected chi connectivity index (χ2v) is 4.93. The summed E-state index contributed by atoms with van der Waals surface area (Å²) in [5, 5.41) is 18.2. The molecule has 0 aliphatic heterocycles. The summed E-state index contributed by atoms with van der Waals surface area (Å²) in [6.07, 6.45) is 1.50. The van der Waals surface area contributed by atoms with Crippen LogP contribution in [0.3, 0.4) is 0 Å². The highest BCUT2D eigenvalue weighted by molar-refractivity contribution is 6.05. The first-order valence-corrected chi connectivity index (χ1v) is 6.71. The number of carbonyl (C=O) groups excluding carboxylic acids is 1. The number of amides is 1. The van der Waals surface area contributed by atoms with Crippen LogP contribution < -0.4 is 5.32 Å². The molecule has 3 rings (SSSR count). The third kappa shape index (κ3) is 2.46. The zero-order chi connectivity index (χ0) is 15.7. The lowest BCUT2D eigenvalue weighted by atomic mass is 10.1. The van der Waals surface area contributed by atoms with E-state index in [0.29, 0.717) is 16.9 Å². The molecular weight excluding hydrogens is 282 g/mol. The standard InChI is InChI=1S/C14H15N7O/c1-9-13(10(2)20(3)17-9)14(22)16-11-5-4-6-12(7-11)21-8-15-18-19-21/h4-8H,1-3H3,(H,16,22). The molecule has 0 radical (unpaired) electrons. The Morgan fingerprint density at radius 1 is 1.27 bits per heavy atom. The smallest absolute Gasteiger partial charge is 0.259 e. The summed E-state index contributed by atoms with van der Waals surface area (Å²) < 4.78 is 3.22. The predicted molar refractivity (Wildman–Crippen MR) is 79.8 cm³/mol. The van der Waals surface area contributed by atoms with E-state index in [1.54, 1.807) is 10.7 Å². The van der Waals surface area contributed by atoms with Gasteiger partial charge in [0.05, 0.1) is 16.9 Å². The van der Waals surface area contributed by atoms with E-state index in [1.165, 1.54) is 11.0 Å². The van der Waals surface area contributed by atoms with Gasteiger partial charge in [-0.15, -0.1) is 5.10 Å². The van der Waals surface area contributed by atoms with Crippen molar-refractivity contribution < 1.29 is 4.79 Å². The fraction of sp³-hybridized carbons (Fsp3) is 0.214. The number of nitrogens with one attached hydrogen (secondary N) is 1. The van der Waals surface area contributed by atoms with E-state index in [0.717, 1.165) is 11.4 Å². The molecule has 0 aliphatic rings. The Hall–Kier alpha value is -3.03. The Balaban J connectivity index is 1.87. The highest BCUT2D eigenvalue weighted by Crippen LogP contribution is 2.17. The lowest BCUT2D eigenvalue weighted by Crippen LogP contribution is -2.14. The van der Waals surface area contributed by atoms with Gasteiger partial charge in [-0.25, -0.2) is 4.68 Å². The molecule has 1 N–H and O–H groups in total. The third-order valence-corrected chi connectivity index (χ3v) is 3.45. The summed E-state index contributed by atoms with van der Waals surface area (Å²) in [5.41, 5.74) is 3.55. The van der Waals surface area contributed by atoms with Gasteiger partial charge in [0.25, 0.3) is 5.91 Å². The summed E-state index contributed by atoms with van der Waals surface area (Å²) in [6.45, 7) is 3.69. The molecule has 1 aromatic carbocycles. The van der Waals surface area contributed by atoms with Crippen LogP contribution in [0.5, 0.6) is 0 Å². The van der Waals surface area contributed by atoms with Gasteiger partial charge in [0.2, 0.25) is 0 Å². The first-order valence-electron chi connectivity index (χ1n) is 6.71. The molecule has 0 saturated heterocycles. The molecule has 0 unspecified atom stereocenters. The van der Waals surface area contributed by atoms with Gasteiger partial charge in [0.15, 0.2) is 0 Å². The van der Waals surface area contributed by atoms with Gasteiger partial charge in [0.1, 0.15) is 6.33 Å². The molecule has 1 amide bonds. The molecule has 3 aromatic rings. The first kappa shape index (κ1) is 13.9. The first-order chi connectivity index (χ1) is 10.6. The van der Waals surface area contributed by atoms with Crippen molar-refractivity contribution in [2.24, 2.45) is 7.05 Å². The van der Waals surface area contributed by atoms with Gasteiger partial charge in [-0.1, -0.05) is 6.07 Å². The largest absolute Gasteiger partial charge is 0.322 e. The number of anilines is 1. The Morgan fingerprint density at radius 2 is 2.09 bits per heavy atom. The van der Waals surface area contributed by atoms with E-state index >= 15 is 0 Å². The topological polar surface area (TPSA) is 90.5 Å². The molecule has 0 atom stereocenters. The van der Waals surface area contributed by atoms with E-state index in [2.05, 4.69) is 25.9 Å². The van der Waals surface area contributed by atoms with Gasteiger partial charge in [-0.2, -0.15) is 5.10 Å². The minimum Gasteiger partial charge on any atom is -0.322 e. The Bertz CT molecular complexity index is 820. The van der Waals surface area contributed by atoms with Crippen molar-refractivity contribution in [3.05, 3.63) is 47.5 Å². The highest BCUT2D eigenvalue weighted by atomic mass is 16.1. The third-order valence-electron chi connectivity index (χ3n) is 3.45. The van der Waals surface area contributed by atoms with Gasteiger partial charge < -0.3 is 5.32 Å². The molecule has 0 bridgehead atoms. The summed E-state index contributed by atoms with van der Waals surface area (Å²) in [6, 6.07) is 7.30. The second-order valence-electron chi connectivity index (χ2n) is 4.93. The quantitative estimate of drug-likeness (QED) is 0.786. The van der Waals surface area contributed by atoms with Crippen LogP contribution in [0.1, 0.15) is 21.7 Å². The van der Waals surface area contributed by atoms with Gasteiger partial charge in [-0.3, -0.25) is 9.48 Å². The molecule has 22 heavy (non-hydrogen) atoms. The number of nitrogens with zero attached hydrogens (tertiary/aromatic N) is 6. The Labute approximate surface area is 126 Å². The van der Waals surface area contributed by atoms with Crippen LogP contribution >= 0.6 is 0 Å². The zero-order valence-corrected chi connectivity index (χ0v) is 12.5. The molecule has 0 spiro atoms. The van der Waals surface area contributed by atoms with Crippen molar-refractivity contribution in [2.45, 2.75) is 13.8 Å².